The van der Waals surface area contributed by atoms with E-state index in [4.69, 9.17) is 11.8 Å². The molecule has 32 heavy (non-hydrogen) atoms. The van der Waals surface area contributed by atoms with Gasteiger partial charge in [0, 0.05) is 54.3 Å². The van der Waals surface area contributed by atoms with Gasteiger partial charge in [-0.15, -0.1) is 5.10 Å². The van der Waals surface area contributed by atoms with E-state index in [0.717, 1.165) is 17.3 Å². The van der Waals surface area contributed by atoms with Crippen LogP contribution in [0, 0.1) is 5.82 Å². The minimum atomic E-state index is -2.37. The van der Waals surface area contributed by atoms with Crippen LogP contribution in [0.2, 0.25) is 0 Å². The number of fused-ring (bicyclic) bond motifs is 1. The summed E-state index contributed by atoms with van der Waals surface area (Å²) in [5.41, 5.74) is 0.323. The van der Waals surface area contributed by atoms with Gasteiger partial charge in [0.1, 0.15) is 6.33 Å². The van der Waals surface area contributed by atoms with E-state index in [-0.39, 0.29) is 40.4 Å². The molecule has 0 aromatic carbocycles. The first kappa shape index (κ1) is 20.6. The molecule has 0 aliphatic carbocycles. The largest absolute Gasteiger partial charge is 0.368 e. The maximum atomic E-state index is 16.1. The number of halogens is 3. The molecule has 2 aromatic heterocycles. The Morgan fingerprint density at radius 1 is 1.44 bits per heavy atom. The van der Waals surface area contributed by atoms with Crippen molar-refractivity contribution in [2.75, 3.05) is 18.4 Å². The second kappa shape index (κ2) is 7.69. The van der Waals surface area contributed by atoms with Crippen molar-refractivity contribution < 1.29 is 13.6 Å². The van der Waals surface area contributed by atoms with E-state index in [1.54, 1.807) is 11.8 Å². The molecule has 168 valence electrons. The highest BCUT2D eigenvalue weighted by Gasteiger charge is 2.48. The first-order valence-corrected chi connectivity index (χ1v) is 10.6. The Morgan fingerprint density at radius 3 is 3.03 bits per heavy atom. The van der Waals surface area contributed by atoms with Crippen LogP contribution in [-0.4, -0.2) is 65.5 Å². The zero-order valence-corrected chi connectivity index (χ0v) is 17.9. The third-order valence-corrected chi connectivity index (χ3v) is 6.17. The zero-order chi connectivity index (χ0) is 22.5. The van der Waals surface area contributed by atoms with Gasteiger partial charge in [-0.05, 0) is 42.7 Å². The monoisotopic (exact) mass is 463 g/mol. The summed E-state index contributed by atoms with van der Waals surface area (Å²) in [5.74, 6) is -3.10. The van der Waals surface area contributed by atoms with Gasteiger partial charge in [-0.1, -0.05) is 0 Å². The molecular formula is C19H20ClF2N9O. The smallest absolute Gasteiger partial charge is 0.294 e. The molecule has 1 amide bonds. The highest BCUT2D eigenvalue weighted by molar-refractivity contribution is 6.15. The van der Waals surface area contributed by atoms with Crippen molar-refractivity contribution in [3.8, 4) is 5.82 Å². The summed E-state index contributed by atoms with van der Waals surface area (Å²) in [6.07, 6.45) is 5.88. The summed E-state index contributed by atoms with van der Waals surface area (Å²) in [6.45, 7) is 2.88. The van der Waals surface area contributed by atoms with Gasteiger partial charge in [0.15, 0.2) is 17.5 Å². The molecule has 5 rings (SSSR count). The Balaban J connectivity index is 1.51. The van der Waals surface area contributed by atoms with E-state index in [0.29, 0.717) is 19.5 Å². The normalized spacial score (nSPS) is 24.9. The summed E-state index contributed by atoms with van der Waals surface area (Å²) >= 11 is 6.24. The number of carbonyl (C=O) groups excluding carboxylic acids is 1. The van der Waals surface area contributed by atoms with E-state index >= 15 is 8.78 Å². The van der Waals surface area contributed by atoms with Crippen molar-refractivity contribution in [3.05, 3.63) is 41.6 Å². The topological polar surface area (TPSA) is 104 Å². The Bertz CT molecular complexity index is 1120. The molecule has 0 bridgehead atoms. The highest BCUT2D eigenvalue weighted by atomic mass is 35.5. The number of hydrogen-bond acceptors (Lipinski definition) is 8. The van der Waals surface area contributed by atoms with Crippen LogP contribution in [0.1, 0.15) is 31.7 Å². The van der Waals surface area contributed by atoms with Crippen LogP contribution in [0.3, 0.4) is 0 Å². The number of carbonyl (C=O) groups is 1. The fourth-order valence-corrected chi connectivity index (χ4v) is 4.56. The standard InChI is InChI=1S/C19H20ClF2N9O/c1-2-23-18-17(21)13(8-15(25-18)30-10-24-27-28-30)14-9-31(20)19(22,26-14)11-6-12-4-3-5-29(12)16(32)7-11/h7-10,12,26H,2-6H2,1H3,(H,23,25). The maximum absolute atomic E-state index is 16.1. The van der Waals surface area contributed by atoms with E-state index in [1.165, 1.54) is 29.4 Å². The van der Waals surface area contributed by atoms with Crippen LogP contribution in [0.25, 0.3) is 11.5 Å². The van der Waals surface area contributed by atoms with Gasteiger partial charge in [0.25, 0.3) is 5.92 Å². The van der Waals surface area contributed by atoms with E-state index in [1.807, 2.05) is 0 Å². The molecule has 0 spiro atoms. The van der Waals surface area contributed by atoms with Crippen molar-refractivity contribution in [2.45, 2.75) is 38.1 Å². The van der Waals surface area contributed by atoms with Gasteiger partial charge >= 0.3 is 0 Å². The van der Waals surface area contributed by atoms with Crippen molar-refractivity contribution in [3.63, 3.8) is 0 Å². The lowest BCUT2D eigenvalue weighted by atomic mass is 9.96. The lowest BCUT2D eigenvalue weighted by molar-refractivity contribution is -0.128. The summed E-state index contributed by atoms with van der Waals surface area (Å²) < 4.78 is 33.4. The summed E-state index contributed by atoms with van der Waals surface area (Å²) in [6, 6.07) is 1.33. The van der Waals surface area contributed by atoms with Gasteiger partial charge in [-0.3, -0.25) is 4.79 Å². The number of nitrogens with zero attached hydrogens (tertiary/aromatic N) is 7. The Hall–Kier alpha value is -3.28. The summed E-state index contributed by atoms with van der Waals surface area (Å²) in [5, 5.41) is 16.4. The van der Waals surface area contributed by atoms with Gasteiger partial charge in [0.05, 0.1) is 5.70 Å². The molecule has 1 fully saturated rings. The third kappa shape index (κ3) is 3.25. The second-order valence-electron chi connectivity index (χ2n) is 7.78. The molecule has 5 heterocycles. The number of aromatic nitrogens is 5. The van der Waals surface area contributed by atoms with Crippen molar-refractivity contribution in [1.82, 2.24) is 39.8 Å². The molecule has 10 nitrogen and oxygen atoms in total. The minimum Gasteiger partial charge on any atom is -0.368 e. The molecule has 3 aliphatic rings. The highest BCUT2D eigenvalue weighted by Crippen LogP contribution is 2.42. The molecule has 2 aromatic rings. The average molecular weight is 464 g/mol. The number of alkyl halides is 1. The predicted molar refractivity (Wildman–Crippen MR) is 111 cm³/mol. The van der Waals surface area contributed by atoms with Crippen molar-refractivity contribution >= 4 is 29.2 Å². The molecule has 2 unspecified atom stereocenters. The van der Waals surface area contributed by atoms with Crippen LogP contribution in [0.15, 0.2) is 30.2 Å². The van der Waals surface area contributed by atoms with Gasteiger partial charge < -0.3 is 15.5 Å². The molecule has 0 saturated carbocycles. The Labute approximate surface area is 187 Å². The van der Waals surface area contributed by atoms with Crippen molar-refractivity contribution in [2.24, 2.45) is 0 Å². The number of nitrogens with one attached hydrogen (secondary N) is 2. The number of anilines is 1. The molecular weight excluding hydrogens is 444 g/mol. The van der Waals surface area contributed by atoms with Crippen LogP contribution in [-0.2, 0) is 4.79 Å². The van der Waals surface area contributed by atoms with Gasteiger partial charge in [0.2, 0.25) is 5.91 Å². The number of hydrogen-bond donors (Lipinski definition) is 2. The lowest BCUT2D eigenvalue weighted by Crippen LogP contribution is -2.50. The number of rotatable bonds is 5. The predicted octanol–water partition coefficient (Wildman–Crippen LogP) is 1.93. The maximum Gasteiger partial charge on any atom is 0.294 e. The molecule has 3 aliphatic heterocycles. The Kier molecular flexibility index (Phi) is 4.96. The molecule has 1 saturated heterocycles. The van der Waals surface area contributed by atoms with Crippen LogP contribution >= 0.6 is 11.8 Å². The van der Waals surface area contributed by atoms with E-state index in [2.05, 4.69) is 31.1 Å². The molecule has 2 N–H and O–H groups in total. The van der Waals surface area contributed by atoms with Crippen LogP contribution in [0.5, 0.6) is 0 Å². The van der Waals surface area contributed by atoms with Crippen molar-refractivity contribution in [1.29, 1.82) is 0 Å². The fourth-order valence-electron chi connectivity index (χ4n) is 4.31. The third-order valence-electron chi connectivity index (χ3n) is 5.84. The minimum absolute atomic E-state index is 0.0249. The summed E-state index contributed by atoms with van der Waals surface area (Å²) in [7, 11) is 0. The van der Waals surface area contributed by atoms with E-state index in [9.17, 15) is 4.79 Å². The van der Waals surface area contributed by atoms with Gasteiger partial charge in [-0.25, -0.2) is 13.8 Å². The second-order valence-corrected chi connectivity index (χ2v) is 8.14. The molecule has 0 radical (unpaired) electrons. The van der Waals surface area contributed by atoms with E-state index < -0.39 is 11.7 Å². The number of tetrazole rings is 1. The SMILES string of the molecule is CCNc1nc(-n2cnnn2)cc(C2=CN(Cl)C(F)(C3=CC(=O)N4CCCC4C3)N2)c1F. The molecule has 2 atom stereocenters. The van der Waals surface area contributed by atoms with Gasteiger partial charge in [-0.2, -0.15) is 9.07 Å². The Morgan fingerprint density at radius 2 is 2.28 bits per heavy atom. The average Bonchev–Trinajstić information content (AvgIpc) is 3.51. The molecule has 13 heteroatoms. The lowest BCUT2D eigenvalue weighted by Gasteiger charge is -2.36. The van der Waals surface area contributed by atoms with Crippen LogP contribution < -0.4 is 10.6 Å². The first-order chi connectivity index (χ1) is 15.4. The zero-order valence-electron chi connectivity index (χ0n) is 17.1. The first-order valence-electron chi connectivity index (χ1n) is 10.2. The quantitative estimate of drug-likeness (QED) is 0.512. The number of amides is 1. The number of pyridine rings is 1. The summed E-state index contributed by atoms with van der Waals surface area (Å²) in [4.78, 5) is 18.4. The fraction of sp³-hybridized carbons (Fsp3) is 0.421. The van der Waals surface area contributed by atoms with Crippen LogP contribution in [0.4, 0.5) is 14.6 Å².